The molecule has 1 aromatic carbocycles. The first-order valence-electron chi connectivity index (χ1n) is 8.32. The number of aryl methyl sites for hydroxylation is 1. The number of rotatable bonds is 3. The summed E-state index contributed by atoms with van der Waals surface area (Å²) in [7, 11) is 0. The molecule has 0 aliphatic carbocycles. The lowest BCUT2D eigenvalue weighted by Gasteiger charge is -2.09. The molecule has 3 aromatic rings. The Morgan fingerprint density at radius 1 is 1.26 bits per heavy atom. The topological polar surface area (TPSA) is 58.7 Å². The second-order valence-corrected chi connectivity index (χ2v) is 9.21. The van der Waals surface area contributed by atoms with Gasteiger partial charge >= 0.3 is 0 Å². The van der Waals surface area contributed by atoms with Crippen LogP contribution >= 0.6 is 39.0 Å². The van der Waals surface area contributed by atoms with Crippen molar-refractivity contribution >= 4 is 55.9 Å². The Morgan fingerprint density at radius 2 is 2.00 bits per heavy atom. The van der Waals surface area contributed by atoms with Crippen LogP contribution in [-0.4, -0.2) is 20.4 Å². The second-order valence-electron chi connectivity index (χ2n) is 6.28. The van der Waals surface area contributed by atoms with E-state index in [9.17, 15) is 4.79 Å². The largest absolute Gasteiger partial charge is 0.318 e. The first-order valence-corrected chi connectivity index (χ1v) is 10.8. The molecule has 136 valence electrons. The van der Waals surface area contributed by atoms with Crippen LogP contribution in [0.1, 0.15) is 27.9 Å². The van der Waals surface area contributed by atoms with Gasteiger partial charge in [0.05, 0.1) is 9.95 Å². The number of carbonyl (C=O) groups excluding carboxylic acids is 1. The van der Waals surface area contributed by atoms with Gasteiger partial charge in [0.1, 0.15) is 10.9 Å². The highest BCUT2D eigenvalue weighted by atomic mass is 79.9. The molecule has 4 rings (SSSR count). The summed E-state index contributed by atoms with van der Waals surface area (Å²) in [5.74, 6) is -0.579. The first-order chi connectivity index (χ1) is 13.0. The number of nitrogens with one attached hydrogen (secondary N) is 1. The Morgan fingerprint density at radius 3 is 2.67 bits per heavy atom. The van der Waals surface area contributed by atoms with Crippen LogP contribution in [0.3, 0.4) is 0 Å². The van der Waals surface area contributed by atoms with Crippen molar-refractivity contribution in [1.29, 1.82) is 5.41 Å². The van der Waals surface area contributed by atoms with E-state index >= 15 is 0 Å². The number of ketones is 1. The van der Waals surface area contributed by atoms with Gasteiger partial charge in [-0.3, -0.25) is 10.2 Å². The monoisotopic (exact) mass is 457 g/mol. The van der Waals surface area contributed by atoms with Crippen molar-refractivity contribution < 1.29 is 4.79 Å². The minimum absolute atomic E-state index is 0.0339. The van der Waals surface area contributed by atoms with Crippen molar-refractivity contribution in [2.45, 2.75) is 19.8 Å². The number of hydrogen-bond donors (Lipinski definition) is 1. The molecule has 1 aliphatic rings. The molecule has 27 heavy (non-hydrogen) atoms. The maximum Gasteiger partial charge on any atom is 0.186 e. The van der Waals surface area contributed by atoms with Crippen LogP contribution in [0.25, 0.3) is 11.8 Å². The van der Waals surface area contributed by atoms with Crippen LogP contribution in [0.5, 0.6) is 0 Å². The van der Waals surface area contributed by atoms with Crippen LogP contribution in [0, 0.1) is 19.3 Å². The lowest BCUT2D eigenvalue weighted by molar-refractivity contribution is -0.114. The lowest BCUT2D eigenvalue weighted by Crippen LogP contribution is -2.11. The summed E-state index contributed by atoms with van der Waals surface area (Å²) in [5, 5.41) is 11.1. The minimum atomic E-state index is -0.545. The zero-order valence-corrected chi connectivity index (χ0v) is 17.9. The number of carbonyl (C=O) groups is 1. The normalized spacial score (nSPS) is 18.6. The van der Waals surface area contributed by atoms with Gasteiger partial charge in [0, 0.05) is 33.1 Å². The summed E-state index contributed by atoms with van der Waals surface area (Å²) in [6.45, 7) is 4.11. The summed E-state index contributed by atoms with van der Waals surface area (Å²) >= 11 is 6.13. The SMILES string of the molecule is Cc1cc(/C=C2\SC(=N)[C@@H](c3nccs3)C2=O)c(C)n1-c1ccc(Br)cc1. The molecular formula is C20H16BrN3OS2. The molecule has 0 bridgehead atoms. The fourth-order valence-electron chi connectivity index (χ4n) is 3.25. The molecule has 1 aliphatic heterocycles. The third-order valence-corrected chi connectivity index (χ3v) is 6.89. The summed E-state index contributed by atoms with van der Waals surface area (Å²) < 4.78 is 3.21. The van der Waals surface area contributed by atoms with E-state index in [1.807, 2.05) is 23.6 Å². The quantitative estimate of drug-likeness (QED) is 0.510. The zero-order chi connectivity index (χ0) is 19.1. The number of allylic oxidation sites excluding steroid dienone is 1. The molecule has 0 spiro atoms. The maximum atomic E-state index is 12.9. The number of aromatic nitrogens is 2. The number of nitrogens with zero attached hydrogens (tertiary/aromatic N) is 2. The van der Waals surface area contributed by atoms with E-state index in [1.165, 1.54) is 23.1 Å². The van der Waals surface area contributed by atoms with E-state index in [4.69, 9.17) is 5.41 Å². The first kappa shape index (κ1) is 18.4. The van der Waals surface area contributed by atoms with E-state index in [1.54, 1.807) is 6.20 Å². The van der Waals surface area contributed by atoms with E-state index < -0.39 is 5.92 Å². The fourth-order valence-corrected chi connectivity index (χ4v) is 5.31. The van der Waals surface area contributed by atoms with E-state index in [2.05, 4.69) is 57.5 Å². The molecule has 7 heteroatoms. The van der Waals surface area contributed by atoms with Crippen LogP contribution in [0.2, 0.25) is 0 Å². The van der Waals surface area contributed by atoms with Gasteiger partial charge in [-0.15, -0.1) is 11.3 Å². The fraction of sp³-hybridized carbons (Fsp3) is 0.150. The average Bonchev–Trinajstić information content (AvgIpc) is 3.31. The Balaban J connectivity index is 1.71. The average molecular weight is 458 g/mol. The summed E-state index contributed by atoms with van der Waals surface area (Å²) in [6.07, 6.45) is 3.59. The van der Waals surface area contributed by atoms with Gasteiger partial charge in [-0.05, 0) is 55.8 Å². The van der Waals surface area contributed by atoms with Gasteiger partial charge in [-0.2, -0.15) is 0 Å². The van der Waals surface area contributed by atoms with Crippen molar-refractivity contribution in [3.05, 3.63) is 73.2 Å². The molecule has 1 fully saturated rings. The molecule has 0 amide bonds. The third kappa shape index (κ3) is 3.35. The molecule has 1 atom stereocenters. The highest BCUT2D eigenvalue weighted by Crippen LogP contribution is 2.41. The molecular weight excluding hydrogens is 442 g/mol. The van der Waals surface area contributed by atoms with Crippen LogP contribution in [-0.2, 0) is 4.79 Å². The van der Waals surface area contributed by atoms with Gasteiger partial charge in [-0.25, -0.2) is 4.98 Å². The maximum absolute atomic E-state index is 12.9. The van der Waals surface area contributed by atoms with E-state index in [-0.39, 0.29) is 5.78 Å². The van der Waals surface area contributed by atoms with Crippen LogP contribution in [0.15, 0.2) is 51.3 Å². The van der Waals surface area contributed by atoms with Crippen molar-refractivity contribution in [2.24, 2.45) is 0 Å². The molecule has 2 aromatic heterocycles. The molecule has 4 nitrogen and oxygen atoms in total. The second kappa shape index (κ2) is 7.22. The van der Waals surface area contributed by atoms with Gasteiger partial charge in [0.25, 0.3) is 0 Å². The minimum Gasteiger partial charge on any atom is -0.318 e. The molecule has 1 N–H and O–H groups in total. The summed E-state index contributed by atoms with van der Waals surface area (Å²) in [5.41, 5.74) is 4.25. The van der Waals surface area contributed by atoms with Crippen molar-refractivity contribution in [1.82, 2.24) is 9.55 Å². The molecule has 1 saturated heterocycles. The third-order valence-electron chi connectivity index (χ3n) is 4.53. The lowest BCUT2D eigenvalue weighted by atomic mass is 10.1. The summed E-state index contributed by atoms with van der Waals surface area (Å²) in [4.78, 5) is 17.7. The number of thiazole rings is 1. The smallest absolute Gasteiger partial charge is 0.186 e. The van der Waals surface area contributed by atoms with E-state index in [0.29, 0.717) is 15.0 Å². The zero-order valence-electron chi connectivity index (χ0n) is 14.7. The van der Waals surface area contributed by atoms with Crippen molar-refractivity contribution in [3.8, 4) is 5.69 Å². The Bertz CT molecular complexity index is 1070. The highest BCUT2D eigenvalue weighted by Gasteiger charge is 2.38. The molecule has 3 heterocycles. The number of thioether (sulfide) groups is 1. The van der Waals surface area contributed by atoms with Gasteiger partial charge in [-0.1, -0.05) is 27.7 Å². The van der Waals surface area contributed by atoms with Gasteiger partial charge in [0.15, 0.2) is 5.78 Å². The predicted molar refractivity (Wildman–Crippen MR) is 116 cm³/mol. The number of benzene rings is 1. The molecule has 0 unspecified atom stereocenters. The Labute approximate surface area is 174 Å². The van der Waals surface area contributed by atoms with Crippen molar-refractivity contribution in [3.63, 3.8) is 0 Å². The van der Waals surface area contributed by atoms with Crippen LogP contribution < -0.4 is 0 Å². The molecule has 0 radical (unpaired) electrons. The molecule has 0 saturated carbocycles. The van der Waals surface area contributed by atoms with Crippen LogP contribution in [0.4, 0.5) is 0 Å². The van der Waals surface area contributed by atoms with E-state index in [0.717, 1.165) is 27.1 Å². The number of Topliss-reactive ketones (excluding diaryl/α,β-unsaturated/α-hetero) is 1. The Hall–Kier alpha value is -1.96. The van der Waals surface area contributed by atoms with Gasteiger partial charge in [0.2, 0.25) is 0 Å². The van der Waals surface area contributed by atoms with Gasteiger partial charge < -0.3 is 4.57 Å². The highest BCUT2D eigenvalue weighted by molar-refractivity contribution is 9.10. The predicted octanol–water partition coefficient (Wildman–Crippen LogP) is 5.73. The Kier molecular flexibility index (Phi) is 4.92. The number of hydrogen-bond acceptors (Lipinski definition) is 5. The number of halogens is 1. The standard InChI is InChI=1S/C20H16BrN3OS2/c1-11-9-13(12(2)24(11)15-5-3-14(21)4-6-15)10-16-18(25)17(19(22)27-16)20-23-7-8-26-20/h3-10,17,22H,1-2H3/b16-10-,22-19?/t17-/m0/s1. The summed E-state index contributed by atoms with van der Waals surface area (Å²) in [6, 6.07) is 10.2. The van der Waals surface area contributed by atoms with Crippen molar-refractivity contribution in [2.75, 3.05) is 0 Å².